The molecule has 0 saturated carbocycles. The molecule has 6 nitrogen and oxygen atoms in total. The normalized spacial score (nSPS) is 9.38. The van der Waals surface area contributed by atoms with Crippen LogP contribution >= 0.6 is 0 Å². The summed E-state index contributed by atoms with van der Waals surface area (Å²) >= 11 is 0. The van der Waals surface area contributed by atoms with Gasteiger partial charge in [-0.2, -0.15) is 0 Å². The Morgan fingerprint density at radius 3 is 2.54 bits per heavy atom. The first kappa shape index (κ1) is 11.7. The minimum absolute atomic E-state index is 0.0995. The van der Waals surface area contributed by atoms with E-state index in [1.165, 1.54) is 0 Å². The van der Waals surface area contributed by atoms with E-state index in [1.807, 2.05) is 6.92 Å². The van der Waals surface area contributed by atoms with Crippen molar-refractivity contribution in [3.8, 4) is 0 Å². The molecule has 0 aliphatic carbocycles. The molecule has 1 amide bonds. The SMILES string of the molecule is CCCCN(C(=O)OCC)[N+](=O)[O-]. The second kappa shape index (κ2) is 6.22. The smallest absolute Gasteiger partial charge is 0.446 e. The van der Waals surface area contributed by atoms with E-state index in [4.69, 9.17) is 0 Å². The van der Waals surface area contributed by atoms with Crippen LogP contribution in [-0.4, -0.2) is 29.3 Å². The van der Waals surface area contributed by atoms with Crippen LogP contribution in [0.4, 0.5) is 4.79 Å². The molecule has 0 heterocycles. The molecule has 0 radical (unpaired) electrons. The summed E-state index contributed by atoms with van der Waals surface area (Å²) in [5, 5.41) is 10.1. The van der Waals surface area contributed by atoms with Gasteiger partial charge in [0, 0.05) is 0 Å². The van der Waals surface area contributed by atoms with E-state index in [0.29, 0.717) is 11.4 Å². The highest BCUT2D eigenvalue weighted by Crippen LogP contribution is 1.98. The maximum absolute atomic E-state index is 11.0. The van der Waals surface area contributed by atoms with Gasteiger partial charge in [-0.3, -0.25) is 0 Å². The zero-order chi connectivity index (χ0) is 10.3. The summed E-state index contributed by atoms with van der Waals surface area (Å²) in [5.41, 5.74) is 0. The second-order valence-electron chi connectivity index (χ2n) is 2.41. The van der Waals surface area contributed by atoms with Gasteiger partial charge in [0.1, 0.15) is 0 Å². The lowest BCUT2D eigenvalue weighted by atomic mass is 10.3. The summed E-state index contributed by atoms with van der Waals surface area (Å²) in [6, 6.07) is 0. The Hall–Kier alpha value is -1.33. The molecule has 0 rings (SSSR count). The Morgan fingerprint density at radius 2 is 2.15 bits per heavy atom. The number of hydrazine groups is 1. The number of rotatable bonds is 5. The van der Waals surface area contributed by atoms with Crippen molar-refractivity contribution in [1.82, 2.24) is 5.01 Å². The lowest BCUT2D eigenvalue weighted by Crippen LogP contribution is -2.37. The number of amides is 1. The fourth-order valence-electron chi connectivity index (χ4n) is 0.745. The van der Waals surface area contributed by atoms with Gasteiger partial charge in [-0.1, -0.05) is 13.3 Å². The van der Waals surface area contributed by atoms with E-state index in [1.54, 1.807) is 6.92 Å². The van der Waals surface area contributed by atoms with Crippen LogP contribution < -0.4 is 0 Å². The molecule has 13 heavy (non-hydrogen) atoms. The van der Waals surface area contributed by atoms with E-state index in [9.17, 15) is 14.9 Å². The maximum atomic E-state index is 11.0. The van der Waals surface area contributed by atoms with Gasteiger partial charge in [-0.25, -0.2) is 14.9 Å². The van der Waals surface area contributed by atoms with Gasteiger partial charge in [0.2, 0.25) is 0 Å². The monoisotopic (exact) mass is 190 g/mol. The van der Waals surface area contributed by atoms with Gasteiger partial charge in [0.25, 0.3) is 0 Å². The van der Waals surface area contributed by atoms with Gasteiger partial charge >= 0.3 is 6.09 Å². The third kappa shape index (κ3) is 4.29. The van der Waals surface area contributed by atoms with Crippen LogP contribution in [0.1, 0.15) is 26.7 Å². The zero-order valence-corrected chi connectivity index (χ0v) is 7.86. The fourth-order valence-corrected chi connectivity index (χ4v) is 0.745. The van der Waals surface area contributed by atoms with Crippen molar-refractivity contribution in [3.63, 3.8) is 0 Å². The van der Waals surface area contributed by atoms with Crippen LogP contribution in [0, 0.1) is 10.1 Å². The minimum Gasteiger partial charge on any atom is -0.446 e. The molecule has 0 atom stereocenters. The number of carbonyl (C=O) groups is 1. The highest BCUT2D eigenvalue weighted by atomic mass is 16.7. The molecule has 0 aromatic carbocycles. The van der Waals surface area contributed by atoms with Gasteiger partial charge in [-0.15, -0.1) is 0 Å². The van der Waals surface area contributed by atoms with Crippen molar-refractivity contribution in [2.45, 2.75) is 26.7 Å². The lowest BCUT2D eigenvalue weighted by molar-refractivity contribution is -0.635. The first-order valence-corrected chi connectivity index (χ1v) is 4.22. The first-order chi connectivity index (χ1) is 6.13. The van der Waals surface area contributed by atoms with Crippen LogP contribution in [0.3, 0.4) is 0 Å². The third-order valence-electron chi connectivity index (χ3n) is 1.40. The third-order valence-corrected chi connectivity index (χ3v) is 1.40. The predicted molar refractivity (Wildman–Crippen MR) is 45.6 cm³/mol. The molecule has 0 aromatic heterocycles. The number of hydrogen-bond donors (Lipinski definition) is 0. The number of hydrogen-bond acceptors (Lipinski definition) is 4. The standard InChI is InChI=1S/C7H14N2O4/c1-3-5-6-8(9(11)12)7(10)13-4-2/h3-6H2,1-2H3. The highest BCUT2D eigenvalue weighted by Gasteiger charge is 2.24. The summed E-state index contributed by atoms with van der Waals surface area (Å²) in [7, 11) is 0. The molecule has 0 fully saturated rings. The predicted octanol–water partition coefficient (Wildman–Crippen LogP) is 1.44. The average Bonchev–Trinajstić information content (AvgIpc) is 2.05. The average molecular weight is 190 g/mol. The highest BCUT2D eigenvalue weighted by molar-refractivity contribution is 5.65. The topological polar surface area (TPSA) is 72.7 Å². The van der Waals surface area contributed by atoms with Crippen LogP contribution in [0.25, 0.3) is 0 Å². The largest absolute Gasteiger partial charge is 0.468 e. The molecule has 0 N–H and O–H groups in total. The Labute approximate surface area is 76.6 Å². The van der Waals surface area contributed by atoms with Crippen LogP contribution in [0.5, 0.6) is 0 Å². The number of carbonyl (C=O) groups excluding carboxylic acids is 1. The Kier molecular flexibility index (Phi) is 5.58. The van der Waals surface area contributed by atoms with Gasteiger partial charge in [-0.05, 0) is 18.4 Å². The molecular weight excluding hydrogens is 176 g/mol. The van der Waals surface area contributed by atoms with E-state index < -0.39 is 11.1 Å². The number of nitro groups is 1. The fraction of sp³-hybridized carbons (Fsp3) is 0.857. The number of nitrogens with zero attached hydrogens (tertiary/aromatic N) is 2. The minimum atomic E-state index is -0.888. The van der Waals surface area contributed by atoms with E-state index in [0.717, 1.165) is 6.42 Å². The number of ether oxygens (including phenoxy) is 1. The molecule has 0 unspecified atom stereocenters. The van der Waals surface area contributed by atoms with Crippen molar-refractivity contribution >= 4 is 6.09 Å². The summed E-state index contributed by atoms with van der Waals surface area (Å²) in [6.45, 7) is 3.75. The second-order valence-corrected chi connectivity index (χ2v) is 2.41. The maximum Gasteiger partial charge on any atom is 0.468 e. The van der Waals surface area contributed by atoms with Crippen LogP contribution in [-0.2, 0) is 4.74 Å². The van der Waals surface area contributed by atoms with Crippen molar-refractivity contribution < 1.29 is 14.6 Å². The Bertz CT molecular complexity index is 183. The van der Waals surface area contributed by atoms with Gasteiger partial charge < -0.3 is 4.74 Å². The van der Waals surface area contributed by atoms with Gasteiger partial charge in [0.15, 0.2) is 5.03 Å². The van der Waals surface area contributed by atoms with Crippen LogP contribution in [0.15, 0.2) is 0 Å². The molecule has 76 valence electrons. The van der Waals surface area contributed by atoms with Crippen molar-refractivity contribution in [3.05, 3.63) is 10.1 Å². The summed E-state index contributed by atoms with van der Waals surface area (Å²) in [6.07, 6.45) is 0.504. The molecule has 0 saturated heterocycles. The van der Waals surface area contributed by atoms with Gasteiger partial charge in [0.05, 0.1) is 13.2 Å². The van der Waals surface area contributed by atoms with Crippen molar-refractivity contribution in [2.75, 3.05) is 13.2 Å². The van der Waals surface area contributed by atoms with Crippen molar-refractivity contribution in [2.24, 2.45) is 0 Å². The molecular formula is C7H14N2O4. The molecule has 0 bridgehead atoms. The van der Waals surface area contributed by atoms with Crippen molar-refractivity contribution in [1.29, 1.82) is 0 Å². The lowest BCUT2D eigenvalue weighted by Gasteiger charge is -2.10. The Morgan fingerprint density at radius 1 is 1.54 bits per heavy atom. The van der Waals surface area contributed by atoms with Crippen LogP contribution in [0.2, 0.25) is 0 Å². The van der Waals surface area contributed by atoms with E-state index in [-0.39, 0.29) is 13.2 Å². The summed E-state index contributed by atoms with van der Waals surface area (Å²) < 4.78 is 4.51. The first-order valence-electron chi connectivity index (χ1n) is 4.22. The summed E-state index contributed by atoms with van der Waals surface area (Å²) in [4.78, 5) is 21.3. The molecule has 6 heteroatoms. The number of unbranched alkanes of at least 4 members (excludes halogenated alkanes) is 1. The van der Waals surface area contributed by atoms with E-state index in [2.05, 4.69) is 4.74 Å². The van der Waals surface area contributed by atoms with E-state index >= 15 is 0 Å². The molecule has 0 spiro atoms. The zero-order valence-electron chi connectivity index (χ0n) is 7.86. The molecule has 0 aliphatic heterocycles. The summed E-state index contributed by atoms with van der Waals surface area (Å²) in [5.74, 6) is 0. The Balaban J connectivity index is 4.07. The quantitative estimate of drug-likeness (QED) is 0.485. The molecule has 0 aliphatic rings. The molecule has 0 aromatic rings.